The Morgan fingerprint density at radius 1 is 1.04 bits per heavy atom. The van der Waals surface area contributed by atoms with Crippen molar-refractivity contribution >= 4 is 15.7 Å². The first kappa shape index (κ1) is 20.5. The van der Waals surface area contributed by atoms with E-state index in [-0.39, 0.29) is 18.0 Å². The molecule has 2 aromatic carbocycles. The van der Waals surface area contributed by atoms with Crippen LogP contribution in [0.2, 0.25) is 0 Å². The molecule has 0 amide bonds. The van der Waals surface area contributed by atoms with Gasteiger partial charge in [0.25, 0.3) is 5.69 Å². The number of sulfonamides is 1. The molecule has 0 saturated heterocycles. The Balaban J connectivity index is 2.18. The molecule has 2 rings (SSSR count). The molecule has 2 aromatic rings. The highest BCUT2D eigenvalue weighted by molar-refractivity contribution is 7.88. The zero-order valence-electron chi connectivity index (χ0n) is 15.1. The predicted octanol–water partition coefficient (Wildman–Crippen LogP) is 2.24. The largest absolute Gasteiger partial charge is 0.493 e. The van der Waals surface area contributed by atoms with Crippen molar-refractivity contribution < 1.29 is 27.6 Å². The lowest BCUT2D eigenvalue weighted by Crippen LogP contribution is -2.25. The van der Waals surface area contributed by atoms with Crippen LogP contribution in [0.1, 0.15) is 11.1 Å². The Labute approximate surface area is 157 Å². The summed E-state index contributed by atoms with van der Waals surface area (Å²) in [5, 5.41) is 10.8. The van der Waals surface area contributed by atoms with Gasteiger partial charge in [0.2, 0.25) is 15.8 Å². The van der Waals surface area contributed by atoms with Crippen molar-refractivity contribution in [1.29, 1.82) is 0 Å². The minimum absolute atomic E-state index is 0.0409. The Hall–Kier alpha value is -2.85. The number of rotatable bonds is 9. The van der Waals surface area contributed by atoms with Gasteiger partial charge < -0.3 is 14.2 Å². The molecular formula is C17H20N2O7S. The van der Waals surface area contributed by atoms with Gasteiger partial charge in [0.1, 0.15) is 0 Å². The van der Waals surface area contributed by atoms with Crippen LogP contribution >= 0.6 is 0 Å². The lowest BCUT2D eigenvalue weighted by Gasteiger charge is -2.16. The number of benzene rings is 2. The van der Waals surface area contributed by atoms with Crippen molar-refractivity contribution in [3.05, 3.63) is 57.6 Å². The van der Waals surface area contributed by atoms with Crippen LogP contribution in [0.5, 0.6) is 17.2 Å². The molecule has 0 fully saturated rings. The highest BCUT2D eigenvalue weighted by Gasteiger charge is 2.19. The molecule has 0 unspecified atom stereocenters. The number of nitrogens with one attached hydrogen (secondary N) is 1. The molecule has 0 aliphatic heterocycles. The number of nitrogens with zero attached hydrogens (tertiary/aromatic N) is 1. The fourth-order valence-corrected chi connectivity index (χ4v) is 3.62. The van der Waals surface area contributed by atoms with Crippen molar-refractivity contribution in [3.8, 4) is 17.2 Å². The SMILES string of the molecule is COc1ccc(CNS(=O)(=O)Cc2cccc([N+](=O)[O-])c2)c(OC)c1OC. The highest BCUT2D eigenvalue weighted by atomic mass is 32.2. The van der Waals surface area contributed by atoms with Gasteiger partial charge in [0, 0.05) is 24.2 Å². The lowest BCUT2D eigenvalue weighted by atomic mass is 10.1. The number of nitro groups is 1. The van der Waals surface area contributed by atoms with Crippen LogP contribution in [-0.4, -0.2) is 34.7 Å². The second-order valence-corrected chi connectivity index (χ2v) is 7.31. The normalized spacial score (nSPS) is 11.1. The van der Waals surface area contributed by atoms with Gasteiger partial charge >= 0.3 is 0 Å². The van der Waals surface area contributed by atoms with Gasteiger partial charge in [-0.1, -0.05) is 18.2 Å². The van der Waals surface area contributed by atoms with Gasteiger partial charge in [-0.05, 0) is 11.6 Å². The topological polar surface area (TPSA) is 117 Å². The van der Waals surface area contributed by atoms with Crippen LogP contribution in [0.4, 0.5) is 5.69 Å². The fourth-order valence-electron chi connectivity index (χ4n) is 2.52. The molecule has 0 aliphatic rings. The molecule has 0 aliphatic carbocycles. The Bertz CT molecular complexity index is 929. The lowest BCUT2D eigenvalue weighted by molar-refractivity contribution is -0.384. The zero-order valence-corrected chi connectivity index (χ0v) is 15.9. The summed E-state index contributed by atoms with van der Waals surface area (Å²) < 4.78 is 43.0. The van der Waals surface area contributed by atoms with Crippen molar-refractivity contribution in [2.45, 2.75) is 12.3 Å². The molecule has 0 radical (unpaired) electrons. The van der Waals surface area contributed by atoms with Gasteiger partial charge in [-0.15, -0.1) is 0 Å². The Kier molecular flexibility index (Phi) is 6.59. The molecule has 0 aromatic heterocycles. The van der Waals surface area contributed by atoms with E-state index in [1.807, 2.05) is 0 Å². The summed E-state index contributed by atoms with van der Waals surface area (Å²) in [5.41, 5.74) is 0.706. The van der Waals surface area contributed by atoms with Crippen LogP contribution in [0, 0.1) is 10.1 Å². The summed E-state index contributed by atoms with van der Waals surface area (Å²) in [6.45, 7) is -0.0409. The predicted molar refractivity (Wildman–Crippen MR) is 98.7 cm³/mol. The van der Waals surface area contributed by atoms with Crippen LogP contribution in [0.15, 0.2) is 36.4 Å². The van der Waals surface area contributed by atoms with E-state index in [4.69, 9.17) is 14.2 Å². The first-order chi connectivity index (χ1) is 12.8. The molecule has 10 heteroatoms. The minimum atomic E-state index is -3.74. The minimum Gasteiger partial charge on any atom is -0.493 e. The molecule has 1 N–H and O–H groups in total. The number of nitro benzene ring substituents is 1. The second-order valence-electron chi connectivity index (χ2n) is 5.50. The number of hydrogen-bond acceptors (Lipinski definition) is 7. The quantitative estimate of drug-likeness (QED) is 0.510. The second kappa shape index (κ2) is 8.69. The summed E-state index contributed by atoms with van der Waals surface area (Å²) in [6, 6.07) is 8.81. The van der Waals surface area contributed by atoms with Gasteiger partial charge in [-0.2, -0.15) is 0 Å². The van der Waals surface area contributed by atoms with Gasteiger partial charge in [0.15, 0.2) is 11.5 Å². The average molecular weight is 396 g/mol. The number of ether oxygens (including phenoxy) is 3. The highest BCUT2D eigenvalue weighted by Crippen LogP contribution is 2.39. The fraction of sp³-hybridized carbons (Fsp3) is 0.294. The van der Waals surface area contributed by atoms with Crippen molar-refractivity contribution in [2.75, 3.05) is 21.3 Å². The van der Waals surface area contributed by atoms with Crippen molar-refractivity contribution in [3.63, 3.8) is 0 Å². The molecule has 9 nitrogen and oxygen atoms in total. The van der Waals surface area contributed by atoms with E-state index in [2.05, 4.69) is 4.72 Å². The summed E-state index contributed by atoms with van der Waals surface area (Å²) >= 11 is 0. The Morgan fingerprint density at radius 3 is 2.33 bits per heavy atom. The van der Waals surface area contributed by atoms with Gasteiger partial charge in [0.05, 0.1) is 32.0 Å². The summed E-state index contributed by atoms with van der Waals surface area (Å²) in [4.78, 5) is 10.2. The van der Waals surface area contributed by atoms with Crippen LogP contribution in [0.25, 0.3) is 0 Å². The smallest absolute Gasteiger partial charge is 0.269 e. The maximum atomic E-state index is 12.4. The first-order valence-electron chi connectivity index (χ1n) is 7.79. The van der Waals surface area contributed by atoms with Crippen molar-refractivity contribution in [1.82, 2.24) is 4.72 Å². The molecule has 27 heavy (non-hydrogen) atoms. The van der Waals surface area contributed by atoms with E-state index in [0.29, 0.717) is 28.4 Å². The zero-order chi connectivity index (χ0) is 20.0. The van der Waals surface area contributed by atoms with E-state index >= 15 is 0 Å². The number of methoxy groups -OCH3 is 3. The summed E-state index contributed by atoms with van der Waals surface area (Å²) in [5.74, 6) is 0.785. The van der Waals surface area contributed by atoms with Gasteiger partial charge in [-0.3, -0.25) is 10.1 Å². The van der Waals surface area contributed by atoms with Crippen LogP contribution < -0.4 is 18.9 Å². The standard InChI is InChI=1S/C17H20N2O7S/c1-24-15-8-7-13(16(25-2)17(15)26-3)10-18-27(22,23)11-12-5-4-6-14(9-12)19(20)21/h4-9,18H,10-11H2,1-3H3. The van der Waals surface area contributed by atoms with E-state index in [1.165, 1.54) is 45.6 Å². The first-order valence-corrected chi connectivity index (χ1v) is 9.45. The third-order valence-corrected chi connectivity index (χ3v) is 5.04. The Morgan fingerprint density at radius 2 is 1.74 bits per heavy atom. The van der Waals surface area contributed by atoms with Crippen LogP contribution in [-0.2, 0) is 22.3 Å². The molecule has 0 heterocycles. The molecule has 0 atom stereocenters. The van der Waals surface area contributed by atoms with Crippen molar-refractivity contribution in [2.24, 2.45) is 0 Å². The van der Waals surface area contributed by atoms with Gasteiger partial charge in [-0.25, -0.2) is 13.1 Å². The molecule has 0 spiro atoms. The van der Waals surface area contributed by atoms with Crippen LogP contribution in [0.3, 0.4) is 0 Å². The van der Waals surface area contributed by atoms with E-state index in [1.54, 1.807) is 12.1 Å². The maximum absolute atomic E-state index is 12.4. The molecular weight excluding hydrogens is 376 g/mol. The number of non-ortho nitro benzene ring substituents is 1. The molecule has 0 bridgehead atoms. The van der Waals surface area contributed by atoms with E-state index in [0.717, 1.165) is 0 Å². The summed E-state index contributed by atoms with van der Waals surface area (Å²) in [7, 11) is 0.647. The molecule has 146 valence electrons. The average Bonchev–Trinajstić information content (AvgIpc) is 2.65. The monoisotopic (exact) mass is 396 g/mol. The van der Waals surface area contributed by atoms with E-state index in [9.17, 15) is 18.5 Å². The van der Waals surface area contributed by atoms with E-state index < -0.39 is 14.9 Å². The summed E-state index contributed by atoms with van der Waals surface area (Å²) in [6.07, 6.45) is 0. The third-order valence-electron chi connectivity index (χ3n) is 3.75. The third kappa shape index (κ3) is 5.08. The number of hydrogen-bond donors (Lipinski definition) is 1. The maximum Gasteiger partial charge on any atom is 0.269 e. The molecule has 0 saturated carbocycles.